The van der Waals surface area contributed by atoms with Gasteiger partial charge in [-0.3, -0.25) is 4.79 Å². The van der Waals surface area contributed by atoms with Gasteiger partial charge in [-0.1, -0.05) is 30.5 Å². The quantitative estimate of drug-likeness (QED) is 0.856. The molecule has 0 spiro atoms. The molecule has 0 radical (unpaired) electrons. The lowest BCUT2D eigenvalue weighted by molar-refractivity contribution is 0.105. The zero-order valence-corrected chi connectivity index (χ0v) is 11.2. The number of likely N-dealkylation sites (N-methyl/N-ethyl adjacent to an activating group) is 1. The van der Waals surface area contributed by atoms with Crippen LogP contribution in [0.3, 0.4) is 0 Å². The summed E-state index contributed by atoms with van der Waals surface area (Å²) in [5, 5.41) is 10.6. The molecule has 3 nitrogen and oxygen atoms in total. The maximum absolute atomic E-state index is 11.1. The molecule has 2 rings (SSSR count). The van der Waals surface area contributed by atoms with Gasteiger partial charge in [-0.2, -0.15) is 0 Å². The minimum absolute atomic E-state index is 0.0392. The van der Waals surface area contributed by atoms with Crippen molar-refractivity contribution >= 4 is 23.6 Å². The van der Waals surface area contributed by atoms with Gasteiger partial charge < -0.3 is 10.0 Å². The molecule has 0 aromatic heterocycles. The average molecular weight is 268 g/mol. The summed E-state index contributed by atoms with van der Waals surface area (Å²) < 4.78 is 0. The molecule has 1 aromatic carbocycles. The van der Waals surface area contributed by atoms with Crippen molar-refractivity contribution in [3.8, 4) is 0 Å². The molecule has 2 unspecified atom stereocenters. The maximum Gasteiger partial charge on any atom is 0.152 e. The first-order chi connectivity index (χ1) is 8.65. The van der Waals surface area contributed by atoms with Crippen molar-refractivity contribution in [3.05, 3.63) is 28.8 Å². The fourth-order valence-electron chi connectivity index (χ4n) is 2.71. The van der Waals surface area contributed by atoms with Gasteiger partial charge in [0, 0.05) is 12.6 Å². The number of rotatable bonds is 3. The van der Waals surface area contributed by atoms with E-state index in [1.54, 1.807) is 18.2 Å². The first kappa shape index (κ1) is 13.4. The first-order valence-electron chi connectivity index (χ1n) is 6.29. The predicted octanol–water partition coefficient (Wildman–Crippen LogP) is 2.89. The first-order valence-corrected chi connectivity index (χ1v) is 6.67. The minimum Gasteiger partial charge on any atom is -0.391 e. The highest BCUT2D eigenvalue weighted by molar-refractivity contribution is 6.33. The van der Waals surface area contributed by atoms with E-state index in [-0.39, 0.29) is 12.1 Å². The van der Waals surface area contributed by atoms with E-state index in [0.29, 0.717) is 10.6 Å². The summed E-state index contributed by atoms with van der Waals surface area (Å²) in [5.74, 6) is 0. The molecule has 0 aliphatic heterocycles. The number of aldehydes is 1. The van der Waals surface area contributed by atoms with Crippen molar-refractivity contribution in [3.63, 3.8) is 0 Å². The van der Waals surface area contributed by atoms with E-state index in [4.69, 9.17) is 11.6 Å². The largest absolute Gasteiger partial charge is 0.391 e. The number of para-hydroxylation sites is 1. The molecule has 1 aliphatic carbocycles. The number of nitrogens with zero attached hydrogens (tertiary/aromatic N) is 1. The van der Waals surface area contributed by atoms with Crippen molar-refractivity contribution in [1.82, 2.24) is 0 Å². The Morgan fingerprint density at radius 3 is 2.78 bits per heavy atom. The van der Waals surface area contributed by atoms with Crippen LogP contribution in [0, 0.1) is 0 Å². The third-order valence-electron chi connectivity index (χ3n) is 3.69. The van der Waals surface area contributed by atoms with Gasteiger partial charge in [0.15, 0.2) is 6.29 Å². The van der Waals surface area contributed by atoms with Crippen LogP contribution in [-0.2, 0) is 0 Å². The van der Waals surface area contributed by atoms with E-state index >= 15 is 0 Å². The fraction of sp³-hybridized carbons (Fsp3) is 0.500. The molecule has 0 bridgehead atoms. The molecule has 1 fully saturated rings. The number of aliphatic hydroxyl groups is 1. The molecular formula is C14H18ClNO2. The van der Waals surface area contributed by atoms with Crippen LogP contribution in [0.5, 0.6) is 0 Å². The number of hydrogen-bond acceptors (Lipinski definition) is 3. The molecule has 4 heteroatoms. The number of aliphatic hydroxyl groups excluding tert-OH is 1. The Bertz CT molecular complexity index is 436. The van der Waals surface area contributed by atoms with E-state index in [1.165, 1.54) is 0 Å². The van der Waals surface area contributed by atoms with Crippen LogP contribution in [0.25, 0.3) is 0 Å². The molecule has 98 valence electrons. The van der Waals surface area contributed by atoms with Crippen LogP contribution in [0.15, 0.2) is 18.2 Å². The summed E-state index contributed by atoms with van der Waals surface area (Å²) >= 11 is 6.19. The number of halogens is 1. The summed E-state index contributed by atoms with van der Waals surface area (Å²) in [5.41, 5.74) is 1.29. The maximum atomic E-state index is 11.1. The summed E-state index contributed by atoms with van der Waals surface area (Å²) in [4.78, 5) is 13.1. The fourth-order valence-corrected chi connectivity index (χ4v) is 3.02. The Morgan fingerprint density at radius 2 is 2.11 bits per heavy atom. The van der Waals surface area contributed by atoms with Gasteiger partial charge in [-0.15, -0.1) is 0 Å². The zero-order chi connectivity index (χ0) is 13.1. The molecule has 1 N–H and O–H groups in total. The second kappa shape index (κ2) is 5.72. The number of anilines is 1. The number of carbonyl (C=O) groups is 1. The molecule has 2 atom stereocenters. The summed E-state index contributed by atoms with van der Waals surface area (Å²) in [7, 11) is 1.90. The Morgan fingerprint density at radius 1 is 1.39 bits per heavy atom. The van der Waals surface area contributed by atoms with Crippen LogP contribution in [0.2, 0.25) is 5.02 Å². The van der Waals surface area contributed by atoms with Crippen molar-refractivity contribution in [2.45, 2.75) is 37.8 Å². The van der Waals surface area contributed by atoms with Crippen LogP contribution in [0.4, 0.5) is 5.69 Å². The van der Waals surface area contributed by atoms with Gasteiger partial charge in [0.2, 0.25) is 0 Å². The van der Waals surface area contributed by atoms with Crippen LogP contribution < -0.4 is 4.90 Å². The Hall–Kier alpha value is -1.06. The van der Waals surface area contributed by atoms with Gasteiger partial charge in [0.25, 0.3) is 0 Å². The topological polar surface area (TPSA) is 40.5 Å². The molecule has 0 heterocycles. The van der Waals surface area contributed by atoms with Crippen molar-refractivity contribution < 1.29 is 9.90 Å². The van der Waals surface area contributed by atoms with Crippen LogP contribution in [-0.4, -0.2) is 30.6 Å². The highest BCUT2D eigenvalue weighted by Gasteiger charge is 2.28. The third-order valence-corrected chi connectivity index (χ3v) is 3.99. The molecule has 18 heavy (non-hydrogen) atoms. The SMILES string of the molecule is CN(c1c(Cl)cccc1C=O)C1CCCCC1O. The lowest BCUT2D eigenvalue weighted by Crippen LogP contribution is -2.44. The molecule has 1 aromatic rings. The van der Waals surface area contributed by atoms with Crippen molar-refractivity contribution in [2.24, 2.45) is 0 Å². The third kappa shape index (κ3) is 2.52. The second-order valence-electron chi connectivity index (χ2n) is 4.83. The standard InChI is InChI=1S/C14H18ClNO2/c1-16(12-7-2-3-8-13(12)18)14-10(9-17)5-4-6-11(14)15/h4-6,9,12-13,18H,2-3,7-8H2,1H3. The smallest absolute Gasteiger partial charge is 0.152 e. The van der Waals surface area contributed by atoms with Gasteiger partial charge in [0.1, 0.15) is 0 Å². The second-order valence-corrected chi connectivity index (χ2v) is 5.23. The van der Waals surface area contributed by atoms with E-state index in [2.05, 4.69) is 0 Å². The highest BCUT2D eigenvalue weighted by atomic mass is 35.5. The van der Waals surface area contributed by atoms with Crippen molar-refractivity contribution in [2.75, 3.05) is 11.9 Å². The lowest BCUT2D eigenvalue weighted by atomic mass is 9.91. The van der Waals surface area contributed by atoms with Gasteiger partial charge in [-0.25, -0.2) is 0 Å². The average Bonchev–Trinajstić information content (AvgIpc) is 2.38. The molecular weight excluding hydrogens is 250 g/mol. The summed E-state index contributed by atoms with van der Waals surface area (Å²) in [6, 6.07) is 5.33. The lowest BCUT2D eigenvalue weighted by Gasteiger charge is -2.37. The Balaban J connectivity index is 2.32. The van der Waals surface area contributed by atoms with Crippen LogP contribution in [0.1, 0.15) is 36.0 Å². The van der Waals surface area contributed by atoms with Crippen LogP contribution >= 0.6 is 11.6 Å². The molecule has 0 amide bonds. The summed E-state index contributed by atoms with van der Waals surface area (Å²) in [6.07, 6.45) is 4.38. The Labute approximate surface area is 112 Å². The number of hydrogen-bond donors (Lipinski definition) is 1. The Kier molecular flexibility index (Phi) is 4.25. The highest BCUT2D eigenvalue weighted by Crippen LogP contribution is 2.33. The van der Waals surface area contributed by atoms with Crippen molar-refractivity contribution in [1.29, 1.82) is 0 Å². The summed E-state index contributed by atoms with van der Waals surface area (Å²) in [6.45, 7) is 0. The number of benzene rings is 1. The van der Waals surface area contributed by atoms with Gasteiger partial charge in [0.05, 0.1) is 22.9 Å². The van der Waals surface area contributed by atoms with E-state index < -0.39 is 0 Å². The number of carbonyl (C=O) groups excluding carboxylic acids is 1. The molecule has 1 saturated carbocycles. The molecule has 1 aliphatic rings. The van der Waals surface area contributed by atoms with E-state index in [1.807, 2.05) is 11.9 Å². The minimum atomic E-state index is -0.348. The molecule has 0 saturated heterocycles. The van der Waals surface area contributed by atoms with Gasteiger partial charge >= 0.3 is 0 Å². The van der Waals surface area contributed by atoms with Gasteiger partial charge in [-0.05, 0) is 25.0 Å². The predicted molar refractivity (Wildman–Crippen MR) is 73.5 cm³/mol. The zero-order valence-electron chi connectivity index (χ0n) is 10.5. The van der Waals surface area contributed by atoms with E-state index in [9.17, 15) is 9.90 Å². The van der Waals surface area contributed by atoms with E-state index in [0.717, 1.165) is 37.7 Å². The normalized spacial score (nSPS) is 23.7. The monoisotopic (exact) mass is 267 g/mol.